The molecule has 0 radical (unpaired) electrons. The van der Waals surface area contributed by atoms with Crippen molar-refractivity contribution in [1.29, 1.82) is 0 Å². The van der Waals surface area contributed by atoms with Crippen molar-refractivity contribution in [3.63, 3.8) is 0 Å². The van der Waals surface area contributed by atoms with E-state index in [1.807, 2.05) is 44.2 Å². The van der Waals surface area contributed by atoms with Crippen LogP contribution >= 0.6 is 0 Å². The number of carbonyl (C=O) groups is 2. The predicted octanol–water partition coefficient (Wildman–Crippen LogP) is 2.43. The number of aliphatic carboxylic acids is 1. The second-order valence-corrected chi connectivity index (χ2v) is 5.50. The van der Waals surface area contributed by atoms with Gasteiger partial charge in [-0.2, -0.15) is 0 Å². The third kappa shape index (κ3) is 4.08. The van der Waals surface area contributed by atoms with Crippen LogP contribution in [0.1, 0.15) is 26.3 Å². The van der Waals surface area contributed by atoms with E-state index in [-0.39, 0.29) is 17.7 Å². The molecule has 0 bridgehead atoms. The van der Waals surface area contributed by atoms with Crippen LogP contribution in [0.15, 0.2) is 30.3 Å². The molecule has 1 aromatic rings. The fraction of sp³-hybridized carbons (Fsp3) is 0.500. The van der Waals surface area contributed by atoms with Crippen molar-refractivity contribution in [2.45, 2.75) is 33.2 Å². The summed E-state index contributed by atoms with van der Waals surface area (Å²) in [6.45, 7) is 5.51. The van der Waals surface area contributed by atoms with E-state index in [2.05, 4.69) is 0 Å². The van der Waals surface area contributed by atoms with Crippen molar-refractivity contribution in [3.8, 4) is 0 Å². The molecule has 0 aliphatic heterocycles. The van der Waals surface area contributed by atoms with E-state index in [1.165, 1.54) is 11.8 Å². The first-order valence-electron chi connectivity index (χ1n) is 6.88. The number of carboxylic acids is 1. The second kappa shape index (κ2) is 7.08. The Bertz CT molecular complexity index is 456. The first kappa shape index (κ1) is 16.2. The van der Waals surface area contributed by atoms with Gasteiger partial charge in [0.2, 0.25) is 5.91 Å². The smallest absolute Gasteiger partial charge is 0.326 e. The lowest BCUT2D eigenvalue weighted by molar-refractivity contribution is -0.150. The van der Waals surface area contributed by atoms with Crippen LogP contribution in [-0.2, 0) is 16.0 Å². The third-order valence-corrected chi connectivity index (χ3v) is 3.71. The normalized spacial score (nSPS) is 13.8. The molecule has 1 amide bonds. The third-order valence-electron chi connectivity index (χ3n) is 3.71. The van der Waals surface area contributed by atoms with Crippen LogP contribution in [-0.4, -0.2) is 35.0 Å². The maximum Gasteiger partial charge on any atom is 0.326 e. The van der Waals surface area contributed by atoms with Crippen molar-refractivity contribution < 1.29 is 14.7 Å². The van der Waals surface area contributed by atoms with Crippen molar-refractivity contribution in [1.82, 2.24) is 4.90 Å². The molecule has 2 unspecified atom stereocenters. The summed E-state index contributed by atoms with van der Waals surface area (Å²) in [5.41, 5.74) is 1.09. The lowest BCUT2D eigenvalue weighted by atomic mass is 9.87. The average molecular weight is 277 g/mol. The molecule has 0 heterocycles. The molecule has 1 rings (SSSR count). The minimum absolute atomic E-state index is 0.112. The number of hydrogen-bond acceptors (Lipinski definition) is 2. The average Bonchev–Trinajstić information content (AvgIpc) is 2.43. The van der Waals surface area contributed by atoms with Crippen LogP contribution in [0.4, 0.5) is 0 Å². The molecule has 0 saturated carbocycles. The zero-order valence-electron chi connectivity index (χ0n) is 12.5. The van der Waals surface area contributed by atoms with E-state index in [4.69, 9.17) is 5.11 Å². The molecule has 0 aromatic heterocycles. The Labute approximate surface area is 120 Å². The highest BCUT2D eigenvalue weighted by atomic mass is 16.4. The monoisotopic (exact) mass is 277 g/mol. The fourth-order valence-corrected chi connectivity index (χ4v) is 2.09. The molecule has 110 valence electrons. The van der Waals surface area contributed by atoms with Gasteiger partial charge in [-0.25, -0.2) is 4.79 Å². The lowest BCUT2D eigenvalue weighted by Crippen LogP contribution is -2.45. The van der Waals surface area contributed by atoms with E-state index in [0.717, 1.165) is 5.56 Å². The van der Waals surface area contributed by atoms with Crippen molar-refractivity contribution in [3.05, 3.63) is 35.9 Å². The highest BCUT2D eigenvalue weighted by molar-refractivity contribution is 5.85. The molecule has 0 saturated heterocycles. The van der Waals surface area contributed by atoms with Crippen molar-refractivity contribution in [2.75, 3.05) is 7.05 Å². The number of amides is 1. The summed E-state index contributed by atoms with van der Waals surface area (Å²) in [6.07, 6.45) is 0.633. The van der Waals surface area contributed by atoms with Gasteiger partial charge < -0.3 is 10.0 Å². The summed E-state index contributed by atoms with van der Waals surface area (Å²) in [5, 5.41) is 9.02. The fourth-order valence-electron chi connectivity index (χ4n) is 2.09. The molecule has 2 atom stereocenters. The van der Waals surface area contributed by atoms with Crippen LogP contribution in [0.2, 0.25) is 0 Å². The molecule has 20 heavy (non-hydrogen) atoms. The van der Waals surface area contributed by atoms with E-state index in [1.54, 1.807) is 7.05 Å². The van der Waals surface area contributed by atoms with E-state index in [0.29, 0.717) is 6.42 Å². The Morgan fingerprint density at radius 3 is 2.15 bits per heavy atom. The van der Waals surface area contributed by atoms with Gasteiger partial charge in [-0.3, -0.25) is 4.79 Å². The van der Waals surface area contributed by atoms with Crippen LogP contribution in [0, 0.1) is 11.8 Å². The van der Waals surface area contributed by atoms with Gasteiger partial charge in [0.1, 0.15) is 6.04 Å². The summed E-state index contributed by atoms with van der Waals surface area (Å²) in [7, 11) is 1.56. The van der Waals surface area contributed by atoms with Crippen molar-refractivity contribution in [2.24, 2.45) is 11.8 Å². The van der Waals surface area contributed by atoms with Crippen LogP contribution < -0.4 is 0 Å². The van der Waals surface area contributed by atoms with Crippen LogP contribution in [0.25, 0.3) is 0 Å². The summed E-state index contributed by atoms with van der Waals surface area (Å²) in [6, 6.07) is 9.00. The Hall–Kier alpha value is -1.84. The van der Waals surface area contributed by atoms with Gasteiger partial charge >= 0.3 is 5.97 Å². The Balaban J connectivity index is 2.86. The summed E-state index contributed by atoms with van der Waals surface area (Å²) in [4.78, 5) is 24.8. The van der Waals surface area contributed by atoms with Gasteiger partial charge in [-0.05, 0) is 24.8 Å². The minimum atomic E-state index is -0.983. The van der Waals surface area contributed by atoms with Gasteiger partial charge in [0.05, 0.1) is 0 Å². The molecule has 0 fully saturated rings. The molecule has 1 N–H and O–H groups in total. The molecule has 4 nitrogen and oxygen atoms in total. The number of hydrogen-bond donors (Lipinski definition) is 1. The number of carboxylic acid groups (broad SMARTS) is 1. The first-order valence-corrected chi connectivity index (χ1v) is 6.88. The summed E-state index contributed by atoms with van der Waals surface area (Å²) in [5.74, 6) is -1.14. The van der Waals surface area contributed by atoms with E-state index < -0.39 is 12.0 Å². The zero-order valence-corrected chi connectivity index (χ0v) is 12.5. The molecule has 0 spiro atoms. The Kier molecular flexibility index (Phi) is 5.74. The summed E-state index contributed by atoms with van der Waals surface area (Å²) < 4.78 is 0. The molecule has 0 aliphatic carbocycles. The molecule has 4 heteroatoms. The Morgan fingerprint density at radius 2 is 1.70 bits per heavy atom. The van der Waals surface area contributed by atoms with Crippen molar-refractivity contribution >= 4 is 11.9 Å². The molecule has 1 aromatic carbocycles. The van der Waals surface area contributed by atoms with E-state index >= 15 is 0 Å². The van der Waals surface area contributed by atoms with Gasteiger partial charge in [-0.15, -0.1) is 0 Å². The Morgan fingerprint density at radius 1 is 1.15 bits per heavy atom. The number of nitrogens with zero attached hydrogens (tertiary/aromatic N) is 1. The number of benzene rings is 1. The second-order valence-electron chi connectivity index (χ2n) is 5.50. The topological polar surface area (TPSA) is 57.6 Å². The van der Waals surface area contributed by atoms with Gasteiger partial charge in [0, 0.05) is 13.0 Å². The lowest BCUT2D eigenvalue weighted by Gasteiger charge is -2.28. The maximum atomic E-state index is 12.5. The standard InChI is InChI=1S/C16H23NO3/c1-11(2)14(10-13-8-6-5-7-9-13)15(18)17(4)12(3)16(19)20/h5-9,11-12,14H,10H2,1-4H3,(H,19,20). The van der Waals surface area contributed by atoms with Crippen LogP contribution in [0.5, 0.6) is 0 Å². The SMILES string of the molecule is CC(C)C(Cc1ccccc1)C(=O)N(C)C(C)C(=O)O. The minimum Gasteiger partial charge on any atom is -0.480 e. The molecular weight excluding hydrogens is 254 g/mol. The number of rotatable bonds is 6. The highest BCUT2D eigenvalue weighted by Gasteiger charge is 2.30. The summed E-state index contributed by atoms with van der Waals surface area (Å²) >= 11 is 0. The predicted molar refractivity (Wildman–Crippen MR) is 78.3 cm³/mol. The van der Waals surface area contributed by atoms with E-state index in [9.17, 15) is 9.59 Å². The molecular formula is C16H23NO3. The largest absolute Gasteiger partial charge is 0.480 e. The first-order chi connectivity index (χ1) is 9.34. The number of carbonyl (C=O) groups excluding carboxylic acids is 1. The zero-order chi connectivity index (χ0) is 15.3. The van der Waals surface area contributed by atoms with Gasteiger partial charge in [0.15, 0.2) is 0 Å². The van der Waals surface area contributed by atoms with Gasteiger partial charge in [-0.1, -0.05) is 44.2 Å². The van der Waals surface area contributed by atoms with Crippen LogP contribution in [0.3, 0.4) is 0 Å². The number of likely N-dealkylation sites (N-methyl/N-ethyl adjacent to an activating group) is 1. The maximum absolute atomic E-state index is 12.5. The van der Waals surface area contributed by atoms with Gasteiger partial charge in [0.25, 0.3) is 0 Å². The molecule has 0 aliphatic rings. The highest BCUT2D eigenvalue weighted by Crippen LogP contribution is 2.20. The quantitative estimate of drug-likeness (QED) is 0.869.